The molecule has 0 saturated carbocycles. The fourth-order valence-corrected chi connectivity index (χ4v) is 1.62. The van der Waals surface area contributed by atoms with Crippen molar-refractivity contribution in [2.45, 2.75) is 25.9 Å². The van der Waals surface area contributed by atoms with Gasteiger partial charge in [0.25, 0.3) is 0 Å². The molecule has 1 unspecified atom stereocenters. The highest BCUT2D eigenvalue weighted by Gasteiger charge is 2.18. The van der Waals surface area contributed by atoms with E-state index in [2.05, 4.69) is 17.1 Å². The van der Waals surface area contributed by atoms with Crippen LogP contribution >= 0.6 is 0 Å². The lowest BCUT2D eigenvalue weighted by Crippen LogP contribution is -2.26. The molecular weight excluding hydrogens is 152 g/mol. The number of β-amino-alcohol motifs (C(OH)–C–C–N with tert-alkyl or cyclic N) is 1. The topological polar surface area (TPSA) is 35.5 Å². The molecular formula is C9H20N2O. The minimum absolute atomic E-state index is 0.0656. The largest absolute Gasteiger partial charge is 0.392 e. The fourth-order valence-electron chi connectivity index (χ4n) is 1.62. The molecule has 72 valence electrons. The first-order valence-electron chi connectivity index (χ1n) is 4.94. The van der Waals surface area contributed by atoms with Gasteiger partial charge in [-0.2, -0.15) is 0 Å². The Morgan fingerprint density at radius 1 is 1.58 bits per heavy atom. The molecule has 1 aliphatic rings. The molecule has 0 radical (unpaired) electrons. The van der Waals surface area contributed by atoms with Gasteiger partial charge in [0.05, 0.1) is 6.10 Å². The Morgan fingerprint density at radius 3 is 3.00 bits per heavy atom. The number of nitrogens with one attached hydrogen (secondary N) is 1. The second kappa shape index (κ2) is 5.51. The van der Waals surface area contributed by atoms with Crippen LogP contribution in [-0.4, -0.2) is 48.8 Å². The maximum atomic E-state index is 9.24. The van der Waals surface area contributed by atoms with Crippen molar-refractivity contribution in [3.63, 3.8) is 0 Å². The van der Waals surface area contributed by atoms with E-state index in [1.54, 1.807) is 0 Å². The van der Waals surface area contributed by atoms with Crippen LogP contribution in [0.1, 0.15) is 19.8 Å². The summed E-state index contributed by atoms with van der Waals surface area (Å²) >= 11 is 0. The maximum absolute atomic E-state index is 9.24. The first-order chi connectivity index (χ1) is 5.83. The monoisotopic (exact) mass is 172 g/mol. The minimum atomic E-state index is -0.0656. The molecule has 3 nitrogen and oxygen atoms in total. The Bertz CT molecular complexity index is 119. The summed E-state index contributed by atoms with van der Waals surface area (Å²) in [6, 6.07) is 0. The zero-order valence-corrected chi connectivity index (χ0v) is 7.92. The predicted molar refractivity (Wildman–Crippen MR) is 50.2 cm³/mol. The zero-order chi connectivity index (χ0) is 8.81. The van der Waals surface area contributed by atoms with Crippen LogP contribution in [0.25, 0.3) is 0 Å². The van der Waals surface area contributed by atoms with Crippen LogP contribution in [-0.2, 0) is 0 Å². The predicted octanol–water partition coefficient (Wildman–Crippen LogP) is 0.0526. The van der Waals surface area contributed by atoms with Gasteiger partial charge in [-0.05, 0) is 32.5 Å². The van der Waals surface area contributed by atoms with Gasteiger partial charge in [-0.15, -0.1) is 0 Å². The summed E-state index contributed by atoms with van der Waals surface area (Å²) in [6.45, 7) is 7.37. The summed E-state index contributed by atoms with van der Waals surface area (Å²) in [7, 11) is 0. The molecule has 1 saturated heterocycles. The fraction of sp³-hybridized carbons (Fsp3) is 1.00. The van der Waals surface area contributed by atoms with Crippen LogP contribution in [0.2, 0.25) is 0 Å². The van der Waals surface area contributed by atoms with E-state index in [1.165, 1.54) is 6.42 Å². The van der Waals surface area contributed by atoms with Crippen molar-refractivity contribution in [1.82, 2.24) is 10.2 Å². The van der Waals surface area contributed by atoms with E-state index in [9.17, 15) is 5.11 Å². The molecule has 1 fully saturated rings. The maximum Gasteiger partial charge on any atom is 0.0679 e. The molecule has 12 heavy (non-hydrogen) atoms. The number of hydrogen-bond acceptors (Lipinski definition) is 3. The molecule has 1 rings (SSSR count). The molecule has 1 atom stereocenters. The summed E-state index contributed by atoms with van der Waals surface area (Å²) in [4.78, 5) is 2.34. The van der Waals surface area contributed by atoms with Crippen LogP contribution in [0.5, 0.6) is 0 Å². The van der Waals surface area contributed by atoms with Crippen molar-refractivity contribution in [3.05, 3.63) is 0 Å². The highest BCUT2D eigenvalue weighted by molar-refractivity contribution is 4.73. The van der Waals surface area contributed by atoms with Crippen molar-refractivity contribution in [1.29, 1.82) is 0 Å². The van der Waals surface area contributed by atoms with Gasteiger partial charge < -0.3 is 15.3 Å². The van der Waals surface area contributed by atoms with Gasteiger partial charge in [-0.1, -0.05) is 6.92 Å². The lowest BCUT2D eigenvalue weighted by molar-refractivity contribution is 0.176. The van der Waals surface area contributed by atoms with Gasteiger partial charge in [0.1, 0.15) is 0 Å². The van der Waals surface area contributed by atoms with Crippen molar-refractivity contribution in [3.8, 4) is 0 Å². The molecule has 0 aromatic rings. The molecule has 3 heteroatoms. The lowest BCUT2D eigenvalue weighted by atomic mass is 10.3. The summed E-state index contributed by atoms with van der Waals surface area (Å²) in [5.74, 6) is 0. The van der Waals surface area contributed by atoms with E-state index in [4.69, 9.17) is 0 Å². The SMILES string of the molecule is CCNCCCN1CCC(O)C1. The third-order valence-corrected chi connectivity index (χ3v) is 2.33. The van der Waals surface area contributed by atoms with Gasteiger partial charge in [-0.25, -0.2) is 0 Å². The second-order valence-corrected chi connectivity index (χ2v) is 3.45. The third kappa shape index (κ3) is 3.52. The van der Waals surface area contributed by atoms with Crippen molar-refractivity contribution >= 4 is 0 Å². The number of aliphatic hydroxyl groups excluding tert-OH is 1. The first kappa shape index (κ1) is 9.96. The number of rotatable bonds is 5. The van der Waals surface area contributed by atoms with Gasteiger partial charge >= 0.3 is 0 Å². The lowest BCUT2D eigenvalue weighted by Gasteiger charge is -2.14. The average Bonchev–Trinajstić information content (AvgIpc) is 2.45. The van der Waals surface area contributed by atoms with Gasteiger partial charge in [0.15, 0.2) is 0 Å². The third-order valence-electron chi connectivity index (χ3n) is 2.33. The minimum Gasteiger partial charge on any atom is -0.392 e. The van der Waals surface area contributed by atoms with Crippen LogP contribution in [0.3, 0.4) is 0 Å². The molecule has 0 spiro atoms. The molecule has 0 bridgehead atoms. The number of hydrogen-bond donors (Lipinski definition) is 2. The summed E-state index contributed by atoms with van der Waals surface area (Å²) < 4.78 is 0. The molecule has 0 aromatic heterocycles. The van der Waals surface area contributed by atoms with Crippen LogP contribution in [0.4, 0.5) is 0 Å². The van der Waals surface area contributed by atoms with Crippen molar-refractivity contribution in [2.75, 3.05) is 32.7 Å². The van der Waals surface area contributed by atoms with E-state index in [1.807, 2.05) is 0 Å². The smallest absolute Gasteiger partial charge is 0.0679 e. The van der Waals surface area contributed by atoms with Crippen LogP contribution in [0.15, 0.2) is 0 Å². The zero-order valence-electron chi connectivity index (χ0n) is 7.92. The Labute approximate surface area is 74.8 Å². The highest BCUT2D eigenvalue weighted by atomic mass is 16.3. The summed E-state index contributed by atoms with van der Waals surface area (Å²) in [5, 5.41) is 12.5. The molecule has 1 aliphatic heterocycles. The van der Waals surface area contributed by atoms with E-state index < -0.39 is 0 Å². The quantitative estimate of drug-likeness (QED) is 0.575. The van der Waals surface area contributed by atoms with E-state index in [-0.39, 0.29) is 6.10 Å². The Morgan fingerprint density at radius 2 is 2.42 bits per heavy atom. The van der Waals surface area contributed by atoms with Crippen molar-refractivity contribution < 1.29 is 5.11 Å². The Kier molecular flexibility index (Phi) is 4.58. The Balaban J connectivity index is 1.93. The Hall–Kier alpha value is -0.120. The van der Waals surface area contributed by atoms with Gasteiger partial charge in [0, 0.05) is 13.1 Å². The number of aliphatic hydroxyl groups is 1. The second-order valence-electron chi connectivity index (χ2n) is 3.45. The molecule has 0 aromatic carbocycles. The molecule has 0 aliphatic carbocycles. The number of likely N-dealkylation sites (tertiary alicyclic amines) is 1. The summed E-state index contributed by atoms with van der Waals surface area (Å²) in [5.41, 5.74) is 0. The van der Waals surface area contributed by atoms with Gasteiger partial charge in [-0.3, -0.25) is 0 Å². The molecule has 2 N–H and O–H groups in total. The first-order valence-corrected chi connectivity index (χ1v) is 4.94. The molecule has 1 heterocycles. The van der Waals surface area contributed by atoms with Crippen LogP contribution in [0, 0.1) is 0 Å². The van der Waals surface area contributed by atoms with E-state index >= 15 is 0 Å². The highest BCUT2D eigenvalue weighted by Crippen LogP contribution is 2.08. The van der Waals surface area contributed by atoms with E-state index in [0.29, 0.717) is 0 Å². The van der Waals surface area contributed by atoms with Crippen molar-refractivity contribution in [2.24, 2.45) is 0 Å². The standard InChI is InChI=1S/C9H20N2O/c1-2-10-5-3-6-11-7-4-9(12)8-11/h9-10,12H,2-8H2,1H3. The van der Waals surface area contributed by atoms with Crippen LogP contribution < -0.4 is 5.32 Å². The average molecular weight is 172 g/mol. The number of nitrogens with zero attached hydrogens (tertiary/aromatic N) is 1. The summed E-state index contributed by atoms with van der Waals surface area (Å²) in [6.07, 6.45) is 2.09. The van der Waals surface area contributed by atoms with Gasteiger partial charge in [0.2, 0.25) is 0 Å². The normalized spacial score (nSPS) is 25.0. The van der Waals surface area contributed by atoms with E-state index in [0.717, 1.165) is 39.1 Å². The molecule has 0 amide bonds.